The van der Waals surface area contributed by atoms with E-state index in [0.717, 1.165) is 18.2 Å². The molecule has 0 unspecified atom stereocenters. The summed E-state index contributed by atoms with van der Waals surface area (Å²) >= 11 is 0. The first-order valence-corrected chi connectivity index (χ1v) is 5.99. The van der Waals surface area contributed by atoms with E-state index in [-0.39, 0.29) is 19.4 Å². The van der Waals surface area contributed by atoms with Gasteiger partial charge in [0.1, 0.15) is 5.82 Å². The van der Waals surface area contributed by atoms with Gasteiger partial charge in [0.05, 0.1) is 10.5 Å². The number of nitro groups is 1. The first-order valence-electron chi connectivity index (χ1n) is 5.99. The maximum atomic E-state index is 13.4. The summed E-state index contributed by atoms with van der Waals surface area (Å²) < 4.78 is 49.0. The fraction of sp³-hybridized carbons (Fsp3) is 0.417. The second kappa shape index (κ2) is 7.00. The number of rotatable bonds is 6. The van der Waals surface area contributed by atoms with Crippen LogP contribution in [-0.4, -0.2) is 23.6 Å². The zero-order valence-electron chi connectivity index (χ0n) is 10.7. The molecule has 1 N–H and O–H groups in total. The normalized spacial score (nSPS) is 11.2. The maximum Gasteiger partial charge on any atom is 0.389 e. The molecule has 0 aliphatic carbocycles. The van der Waals surface area contributed by atoms with Crippen LogP contribution in [0, 0.1) is 15.9 Å². The summed E-state index contributed by atoms with van der Waals surface area (Å²) in [5, 5.41) is 12.7. The molecule has 0 aromatic heterocycles. The molecule has 1 amide bonds. The minimum atomic E-state index is -4.25. The van der Waals surface area contributed by atoms with Gasteiger partial charge < -0.3 is 5.32 Å². The van der Waals surface area contributed by atoms with Gasteiger partial charge in [-0.15, -0.1) is 0 Å². The van der Waals surface area contributed by atoms with Crippen LogP contribution in [0.3, 0.4) is 0 Å². The highest BCUT2D eigenvalue weighted by Gasteiger charge is 2.25. The van der Waals surface area contributed by atoms with Crippen molar-refractivity contribution in [1.29, 1.82) is 0 Å². The molecule has 0 saturated carbocycles. The van der Waals surface area contributed by atoms with Gasteiger partial charge in [0, 0.05) is 25.1 Å². The number of hydrogen-bond acceptors (Lipinski definition) is 3. The molecule has 0 spiro atoms. The smallest absolute Gasteiger partial charge is 0.352 e. The minimum Gasteiger partial charge on any atom is -0.352 e. The van der Waals surface area contributed by atoms with Crippen molar-refractivity contribution >= 4 is 11.6 Å². The molecule has 1 rings (SSSR count). The van der Waals surface area contributed by atoms with E-state index < -0.39 is 40.5 Å². The minimum absolute atomic E-state index is 0.0712. The van der Waals surface area contributed by atoms with Crippen molar-refractivity contribution in [2.24, 2.45) is 0 Å². The Morgan fingerprint density at radius 1 is 1.29 bits per heavy atom. The first kappa shape index (κ1) is 16.9. The largest absolute Gasteiger partial charge is 0.389 e. The molecule has 0 aliphatic rings. The Hall–Kier alpha value is -2.19. The summed E-state index contributed by atoms with van der Waals surface area (Å²) in [6, 6.07) is 2.48. The Balaban J connectivity index is 2.52. The average Bonchev–Trinajstić information content (AvgIpc) is 2.36. The summed E-state index contributed by atoms with van der Waals surface area (Å²) in [4.78, 5) is 21.4. The molecule has 9 heteroatoms. The van der Waals surface area contributed by atoms with Crippen LogP contribution >= 0.6 is 0 Å². The van der Waals surface area contributed by atoms with Gasteiger partial charge in [-0.05, 0) is 18.9 Å². The predicted octanol–water partition coefficient (Wildman–Crippen LogP) is 3.20. The van der Waals surface area contributed by atoms with E-state index in [4.69, 9.17) is 0 Å². The Kier molecular flexibility index (Phi) is 5.62. The van der Waals surface area contributed by atoms with Gasteiger partial charge in [-0.25, -0.2) is 4.39 Å². The fourth-order valence-electron chi connectivity index (χ4n) is 1.55. The van der Waals surface area contributed by atoms with Crippen molar-refractivity contribution in [3.05, 3.63) is 39.7 Å². The zero-order valence-corrected chi connectivity index (χ0v) is 10.7. The van der Waals surface area contributed by atoms with Crippen LogP contribution in [0.4, 0.5) is 23.2 Å². The highest BCUT2D eigenvalue weighted by molar-refractivity contribution is 5.95. The molecule has 5 nitrogen and oxygen atoms in total. The summed E-state index contributed by atoms with van der Waals surface area (Å²) in [5.41, 5.74) is -0.960. The Labute approximate surface area is 117 Å². The molecule has 0 bridgehead atoms. The lowest BCUT2D eigenvalue weighted by Crippen LogP contribution is -2.25. The van der Waals surface area contributed by atoms with Crippen LogP contribution in [0.15, 0.2) is 18.2 Å². The summed E-state index contributed by atoms with van der Waals surface area (Å²) in [6.45, 7) is -0.0724. The van der Waals surface area contributed by atoms with Crippen molar-refractivity contribution < 1.29 is 27.3 Å². The standard InChI is InChI=1S/C12H12F4N2O3/c13-10-4-3-8(18(20)21)7-9(10)11(19)17-6-2-1-5-12(14,15)16/h3-4,7H,1-2,5-6H2,(H,17,19). The van der Waals surface area contributed by atoms with Crippen molar-refractivity contribution in [2.75, 3.05) is 6.54 Å². The molecule has 116 valence electrons. The molecule has 0 fully saturated rings. The van der Waals surface area contributed by atoms with Gasteiger partial charge in [-0.3, -0.25) is 14.9 Å². The first-order chi connectivity index (χ1) is 9.70. The Bertz CT molecular complexity index is 532. The van der Waals surface area contributed by atoms with Crippen LogP contribution < -0.4 is 5.32 Å². The molecule has 0 saturated heterocycles. The number of alkyl halides is 3. The number of nitrogens with zero attached hydrogens (tertiary/aromatic N) is 1. The van der Waals surface area contributed by atoms with E-state index in [1.54, 1.807) is 0 Å². The zero-order chi connectivity index (χ0) is 16.0. The third kappa shape index (κ3) is 5.76. The topological polar surface area (TPSA) is 72.2 Å². The van der Waals surface area contributed by atoms with E-state index in [2.05, 4.69) is 5.32 Å². The fourth-order valence-corrected chi connectivity index (χ4v) is 1.55. The van der Waals surface area contributed by atoms with E-state index in [9.17, 15) is 32.5 Å². The molecule has 1 aromatic carbocycles. The van der Waals surface area contributed by atoms with Gasteiger partial charge in [0.2, 0.25) is 0 Å². The maximum absolute atomic E-state index is 13.4. The SMILES string of the molecule is O=C(NCCCCC(F)(F)F)c1cc([N+](=O)[O-])ccc1F. The third-order valence-corrected chi connectivity index (χ3v) is 2.58. The van der Waals surface area contributed by atoms with Crippen LogP contribution in [0.1, 0.15) is 29.6 Å². The number of benzene rings is 1. The molecular formula is C12H12F4N2O3. The van der Waals surface area contributed by atoms with Gasteiger partial charge in [-0.2, -0.15) is 13.2 Å². The van der Waals surface area contributed by atoms with E-state index in [1.807, 2.05) is 0 Å². The number of nitro benzene ring substituents is 1. The predicted molar refractivity (Wildman–Crippen MR) is 65.3 cm³/mol. The highest BCUT2D eigenvalue weighted by atomic mass is 19.4. The lowest BCUT2D eigenvalue weighted by Gasteiger charge is -2.07. The Morgan fingerprint density at radius 3 is 2.52 bits per heavy atom. The van der Waals surface area contributed by atoms with Gasteiger partial charge in [-0.1, -0.05) is 0 Å². The lowest BCUT2D eigenvalue weighted by atomic mass is 10.1. The number of non-ortho nitro benzene ring substituents is 1. The number of unbranched alkanes of at least 4 members (excludes halogenated alkanes) is 1. The molecule has 0 heterocycles. The van der Waals surface area contributed by atoms with E-state index in [0.29, 0.717) is 0 Å². The molecular weight excluding hydrogens is 296 g/mol. The highest BCUT2D eigenvalue weighted by Crippen LogP contribution is 2.22. The van der Waals surface area contributed by atoms with Crippen molar-refractivity contribution in [3.63, 3.8) is 0 Å². The van der Waals surface area contributed by atoms with E-state index >= 15 is 0 Å². The number of carbonyl (C=O) groups excluding carboxylic acids is 1. The van der Waals surface area contributed by atoms with E-state index in [1.165, 1.54) is 0 Å². The van der Waals surface area contributed by atoms with Gasteiger partial charge in [0.25, 0.3) is 11.6 Å². The van der Waals surface area contributed by atoms with Gasteiger partial charge >= 0.3 is 6.18 Å². The van der Waals surface area contributed by atoms with Crippen LogP contribution in [0.5, 0.6) is 0 Å². The number of hydrogen-bond donors (Lipinski definition) is 1. The van der Waals surface area contributed by atoms with Crippen molar-refractivity contribution in [2.45, 2.75) is 25.4 Å². The quantitative estimate of drug-likeness (QED) is 0.379. The average molecular weight is 308 g/mol. The number of carbonyl (C=O) groups is 1. The van der Waals surface area contributed by atoms with Crippen LogP contribution in [0.2, 0.25) is 0 Å². The van der Waals surface area contributed by atoms with Crippen molar-refractivity contribution in [1.82, 2.24) is 5.32 Å². The monoisotopic (exact) mass is 308 g/mol. The van der Waals surface area contributed by atoms with Crippen LogP contribution in [0.25, 0.3) is 0 Å². The molecule has 0 atom stereocenters. The Morgan fingerprint density at radius 2 is 1.95 bits per heavy atom. The number of halogens is 4. The summed E-state index contributed by atoms with van der Waals surface area (Å²) in [5.74, 6) is -1.84. The number of amides is 1. The molecule has 21 heavy (non-hydrogen) atoms. The molecule has 0 aliphatic heterocycles. The van der Waals surface area contributed by atoms with Gasteiger partial charge in [0.15, 0.2) is 0 Å². The molecule has 0 radical (unpaired) electrons. The second-order valence-corrected chi connectivity index (χ2v) is 4.25. The summed E-state index contributed by atoms with van der Waals surface area (Å²) in [6.07, 6.45) is -5.31. The van der Waals surface area contributed by atoms with Crippen LogP contribution in [-0.2, 0) is 0 Å². The number of nitrogens with one attached hydrogen (secondary N) is 1. The lowest BCUT2D eigenvalue weighted by molar-refractivity contribution is -0.384. The second-order valence-electron chi connectivity index (χ2n) is 4.25. The summed E-state index contributed by atoms with van der Waals surface area (Å²) in [7, 11) is 0. The van der Waals surface area contributed by atoms with Crippen molar-refractivity contribution in [3.8, 4) is 0 Å². The third-order valence-electron chi connectivity index (χ3n) is 2.58. The molecule has 1 aromatic rings.